The molecule has 0 aliphatic rings. The van der Waals surface area contributed by atoms with Crippen molar-refractivity contribution in [2.75, 3.05) is 6.61 Å². The van der Waals surface area contributed by atoms with Crippen LogP contribution in [0.3, 0.4) is 0 Å². The SMILES string of the molecule is C=CCC(NC(=O)COc1c(C)cccc1C)C(=O)O. The maximum Gasteiger partial charge on any atom is 0.326 e. The number of ether oxygens (including phenoxy) is 1. The van der Waals surface area contributed by atoms with Gasteiger partial charge in [0.15, 0.2) is 6.61 Å². The summed E-state index contributed by atoms with van der Waals surface area (Å²) in [5.74, 6) is -0.912. The number of para-hydroxylation sites is 1. The molecule has 1 rings (SSSR count). The lowest BCUT2D eigenvalue weighted by Gasteiger charge is -2.14. The van der Waals surface area contributed by atoms with E-state index in [1.54, 1.807) is 0 Å². The Hall–Kier alpha value is -2.30. The number of rotatable bonds is 7. The standard InChI is InChI=1S/C15H19NO4/c1-4-6-12(15(18)19)16-13(17)9-20-14-10(2)7-5-8-11(14)3/h4-5,7-8,12H,1,6,9H2,2-3H3,(H,16,17)(H,18,19). The summed E-state index contributed by atoms with van der Waals surface area (Å²) < 4.78 is 5.46. The molecule has 0 bridgehead atoms. The minimum atomic E-state index is -1.09. The summed E-state index contributed by atoms with van der Waals surface area (Å²) in [5, 5.41) is 11.3. The van der Waals surface area contributed by atoms with E-state index in [1.165, 1.54) is 6.08 Å². The van der Waals surface area contributed by atoms with Crippen molar-refractivity contribution < 1.29 is 19.4 Å². The first-order valence-electron chi connectivity index (χ1n) is 6.27. The normalized spacial score (nSPS) is 11.5. The number of carboxylic acid groups (broad SMARTS) is 1. The van der Waals surface area contributed by atoms with Gasteiger partial charge in [-0.15, -0.1) is 6.58 Å². The molecule has 0 aromatic heterocycles. The summed E-state index contributed by atoms with van der Waals surface area (Å²) in [4.78, 5) is 22.6. The average molecular weight is 277 g/mol. The molecule has 1 amide bonds. The first-order chi connectivity index (χ1) is 9.45. The van der Waals surface area contributed by atoms with E-state index in [0.717, 1.165) is 11.1 Å². The molecule has 0 aliphatic carbocycles. The molecule has 5 nitrogen and oxygen atoms in total. The van der Waals surface area contributed by atoms with Crippen molar-refractivity contribution in [3.8, 4) is 5.75 Å². The Bertz CT molecular complexity index is 490. The van der Waals surface area contributed by atoms with Gasteiger partial charge in [0, 0.05) is 0 Å². The first-order valence-corrected chi connectivity index (χ1v) is 6.27. The van der Waals surface area contributed by atoms with Crippen LogP contribution in [0.2, 0.25) is 0 Å². The van der Waals surface area contributed by atoms with Gasteiger partial charge in [0.1, 0.15) is 11.8 Å². The second-order valence-corrected chi connectivity index (χ2v) is 4.49. The molecule has 1 aromatic rings. The van der Waals surface area contributed by atoms with Crippen LogP contribution in [0.4, 0.5) is 0 Å². The Morgan fingerprint density at radius 2 is 2.00 bits per heavy atom. The van der Waals surface area contributed by atoms with Gasteiger partial charge < -0.3 is 15.2 Å². The second-order valence-electron chi connectivity index (χ2n) is 4.49. The highest BCUT2D eigenvalue weighted by Crippen LogP contribution is 2.21. The highest BCUT2D eigenvalue weighted by Gasteiger charge is 2.18. The lowest BCUT2D eigenvalue weighted by atomic mass is 10.1. The highest BCUT2D eigenvalue weighted by atomic mass is 16.5. The van der Waals surface area contributed by atoms with E-state index in [0.29, 0.717) is 5.75 Å². The fourth-order valence-corrected chi connectivity index (χ4v) is 1.79. The predicted octanol–water partition coefficient (Wildman–Crippen LogP) is 1.83. The molecule has 0 heterocycles. The molecule has 0 saturated heterocycles. The first kappa shape index (κ1) is 15.8. The van der Waals surface area contributed by atoms with E-state index < -0.39 is 17.9 Å². The lowest BCUT2D eigenvalue weighted by Crippen LogP contribution is -2.42. The molecule has 0 radical (unpaired) electrons. The Kier molecular flexibility index (Phi) is 5.77. The van der Waals surface area contributed by atoms with Crippen molar-refractivity contribution in [2.45, 2.75) is 26.3 Å². The summed E-state index contributed by atoms with van der Waals surface area (Å²) in [5.41, 5.74) is 1.86. The van der Waals surface area contributed by atoms with Crippen molar-refractivity contribution in [2.24, 2.45) is 0 Å². The van der Waals surface area contributed by atoms with Crippen molar-refractivity contribution in [3.05, 3.63) is 42.0 Å². The van der Waals surface area contributed by atoms with Crippen molar-refractivity contribution in [1.29, 1.82) is 0 Å². The van der Waals surface area contributed by atoms with Gasteiger partial charge in [-0.1, -0.05) is 24.3 Å². The van der Waals surface area contributed by atoms with Crippen LogP contribution in [0, 0.1) is 13.8 Å². The van der Waals surface area contributed by atoms with Crippen LogP contribution >= 0.6 is 0 Å². The molecule has 0 aliphatic heterocycles. The summed E-state index contributed by atoms with van der Waals surface area (Å²) in [6.45, 7) is 7.02. The van der Waals surface area contributed by atoms with Crippen LogP contribution in [0.15, 0.2) is 30.9 Å². The van der Waals surface area contributed by atoms with Crippen molar-refractivity contribution in [3.63, 3.8) is 0 Å². The number of hydrogen-bond acceptors (Lipinski definition) is 3. The van der Waals surface area contributed by atoms with Gasteiger partial charge in [-0.05, 0) is 31.4 Å². The molecule has 1 atom stereocenters. The second kappa shape index (κ2) is 7.33. The molecule has 20 heavy (non-hydrogen) atoms. The van der Waals surface area contributed by atoms with Crippen molar-refractivity contribution in [1.82, 2.24) is 5.32 Å². The van der Waals surface area contributed by atoms with Gasteiger partial charge in [0.05, 0.1) is 0 Å². The number of aliphatic carboxylic acids is 1. The summed E-state index contributed by atoms with van der Waals surface area (Å²) >= 11 is 0. The van der Waals surface area contributed by atoms with E-state index in [2.05, 4.69) is 11.9 Å². The molecular weight excluding hydrogens is 258 g/mol. The fraction of sp³-hybridized carbons (Fsp3) is 0.333. The van der Waals surface area contributed by atoms with E-state index in [-0.39, 0.29) is 13.0 Å². The number of hydrogen-bond donors (Lipinski definition) is 2. The molecule has 1 unspecified atom stereocenters. The number of carbonyl (C=O) groups is 2. The van der Waals surface area contributed by atoms with Gasteiger partial charge in [-0.2, -0.15) is 0 Å². The minimum absolute atomic E-state index is 0.171. The average Bonchev–Trinajstić information content (AvgIpc) is 2.37. The maximum absolute atomic E-state index is 11.7. The van der Waals surface area contributed by atoms with Gasteiger partial charge in [0.2, 0.25) is 0 Å². The van der Waals surface area contributed by atoms with Crippen LogP contribution in [0.1, 0.15) is 17.5 Å². The zero-order valence-corrected chi connectivity index (χ0v) is 11.7. The summed E-state index contributed by atoms with van der Waals surface area (Å²) in [6.07, 6.45) is 1.62. The summed E-state index contributed by atoms with van der Waals surface area (Å²) in [7, 11) is 0. The van der Waals surface area contributed by atoms with Crippen LogP contribution in [0.5, 0.6) is 5.75 Å². The predicted molar refractivity (Wildman–Crippen MR) is 75.8 cm³/mol. The van der Waals surface area contributed by atoms with Crippen LogP contribution < -0.4 is 10.1 Å². The smallest absolute Gasteiger partial charge is 0.326 e. The molecule has 1 aromatic carbocycles. The Balaban J connectivity index is 2.59. The van der Waals surface area contributed by atoms with Crippen LogP contribution in [-0.4, -0.2) is 29.6 Å². The topological polar surface area (TPSA) is 75.6 Å². The van der Waals surface area contributed by atoms with Crippen molar-refractivity contribution >= 4 is 11.9 Å². The van der Waals surface area contributed by atoms with E-state index in [9.17, 15) is 9.59 Å². The van der Waals surface area contributed by atoms with Gasteiger partial charge >= 0.3 is 5.97 Å². The number of aryl methyl sites for hydroxylation is 2. The molecule has 0 fully saturated rings. The zero-order chi connectivity index (χ0) is 15.1. The van der Waals surface area contributed by atoms with E-state index >= 15 is 0 Å². The van der Waals surface area contributed by atoms with Gasteiger partial charge in [-0.3, -0.25) is 4.79 Å². The Morgan fingerprint density at radius 3 is 2.50 bits per heavy atom. The number of nitrogens with one attached hydrogen (secondary N) is 1. The molecule has 108 valence electrons. The third-order valence-electron chi connectivity index (χ3n) is 2.79. The molecule has 2 N–H and O–H groups in total. The number of carboxylic acids is 1. The Labute approximate surface area is 118 Å². The minimum Gasteiger partial charge on any atom is -0.483 e. The summed E-state index contributed by atoms with van der Waals surface area (Å²) in [6, 6.07) is 4.71. The largest absolute Gasteiger partial charge is 0.483 e. The fourth-order valence-electron chi connectivity index (χ4n) is 1.79. The molecule has 5 heteroatoms. The molecule has 0 spiro atoms. The Morgan fingerprint density at radius 1 is 1.40 bits per heavy atom. The number of benzene rings is 1. The van der Waals surface area contributed by atoms with E-state index in [4.69, 9.17) is 9.84 Å². The third-order valence-corrected chi connectivity index (χ3v) is 2.79. The lowest BCUT2D eigenvalue weighted by molar-refractivity contribution is -0.142. The highest BCUT2D eigenvalue weighted by molar-refractivity contribution is 5.84. The quantitative estimate of drug-likeness (QED) is 0.745. The maximum atomic E-state index is 11.7. The molecular formula is C15H19NO4. The van der Waals surface area contributed by atoms with Gasteiger partial charge in [-0.25, -0.2) is 4.79 Å². The number of carbonyl (C=O) groups excluding carboxylic acids is 1. The monoisotopic (exact) mass is 277 g/mol. The zero-order valence-electron chi connectivity index (χ0n) is 11.7. The number of amides is 1. The van der Waals surface area contributed by atoms with Crippen LogP contribution in [-0.2, 0) is 9.59 Å². The molecule has 0 saturated carbocycles. The van der Waals surface area contributed by atoms with Crippen LogP contribution in [0.25, 0.3) is 0 Å². The third kappa shape index (κ3) is 4.42. The van der Waals surface area contributed by atoms with Gasteiger partial charge in [0.25, 0.3) is 5.91 Å². The van der Waals surface area contributed by atoms with E-state index in [1.807, 2.05) is 32.0 Å².